The maximum atomic E-state index is 12.2. The number of H-pyrrole nitrogens is 1. The number of anilines is 1. The highest BCUT2D eigenvalue weighted by molar-refractivity contribution is 5.84. The molecule has 1 fully saturated rings. The Morgan fingerprint density at radius 3 is 2.90 bits per heavy atom. The van der Waals surface area contributed by atoms with Crippen molar-refractivity contribution >= 4 is 16.6 Å². The molecular formula is C16H21N3O2. The average molecular weight is 287 g/mol. The van der Waals surface area contributed by atoms with Gasteiger partial charge in [-0.05, 0) is 31.5 Å². The number of aromatic nitrogens is 1. The van der Waals surface area contributed by atoms with Crippen LogP contribution in [0.2, 0.25) is 0 Å². The maximum Gasteiger partial charge on any atom is 0.257 e. The van der Waals surface area contributed by atoms with Gasteiger partial charge >= 0.3 is 0 Å². The molecule has 112 valence electrons. The molecule has 1 saturated heterocycles. The Morgan fingerprint density at radius 1 is 1.33 bits per heavy atom. The summed E-state index contributed by atoms with van der Waals surface area (Å²) in [6.07, 6.45) is 0. The number of benzene rings is 1. The quantitative estimate of drug-likeness (QED) is 0.863. The Kier molecular flexibility index (Phi) is 3.69. The molecular weight excluding hydrogens is 266 g/mol. The molecule has 5 heteroatoms. The van der Waals surface area contributed by atoms with E-state index < -0.39 is 0 Å². The second-order valence-corrected chi connectivity index (χ2v) is 5.84. The van der Waals surface area contributed by atoms with Gasteiger partial charge in [-0.15, -0.1) is 0 Å². The van der Waals surface area contributed by atoms with E-state index >= 15 is 0 Å². The van der Waals surface area contributed by atoms with Gasteiger partial charge in [-0.1, -0.05) is 17.7 Å². The van der Waals surface area contributed by atoms with E-state index in [9.17, 15) is 9.90 Å². The highest BCUT2D eigenvalue weighted by Gasteiger charge is 2.24. The third-order valence-electron chi connectivity index (χ3n) is 4.31. The molecule has 1 atom stereocenters. The van der Waals surface area contributed by atoms with Crippen molar-refractivity contribution in [1.29, 1.82) is 0 Å². The molecule has 2 N–H and O–H groups in total. The van der Waals surface area contributed by atoms with Crippen LogP contribution in [0.25, 0.3) is 10.8 Å². The van der Waals surface area contributed by atoms with Gasteiger partial charge in [-0.2, -0.15) is 0 Å². The molecule has 0 aliphatic carbocycles. The summed E-state index contributed by atoms with van der Waals surface area (Å²) in [4.78, 5) is 19.5. The minimum Gasteiger partial charge on any atom is -0.395 e. The fourth-order valence-electron chi connectivity index (χ4n) is 2.91. The second kappa shape index (κ2) is 5.50. The number of piperazine rings is 1. The van der Waals surface area contributed by atoms with E-state index in [1.165, 1.54) is 0 Å². The van der Waals surface area contributed by atoms with E-state index in [0.717, 1.165) is 41.8 Å². The number of hydrogen-bond donors (Lipinski definition) is 2. The van der Waals surface area contributed by atoms with E-state index in [2.05, 4.69) is 14.8 Å². The first-order chi connectivity index (χ1) is 10.1. The molecule has 0 amide bonds. The van der Waals surface area contributed by atoms with Gasteiger partial charge < -0.3 is 15.0 Å². The lowest BCUT2D eigenvalue weighted by atomic mass is 10.1. The van der Waals surface area contributed by atoms with Crippen LogP contribution in [0.15, 0.2) is 29.1 Å². The summed E-state index contributed by atoms with van der Waals surface area (Å²) in [7, 11) is 2.02. The Balaban J connectivity index is 1.99. The Bertz CT molecular complexity index is 710. The van der Waals surface area contributed by atoms with Gasteiger partial charge in [0.05, 0.1) is 12.6 Å². The molecule has 2 aromatic rings. The zero-order valence-electron chi connectivity index (χ0n) is 12.5. The third-order valence-corrected chi connectivity index (χ3v) is 4.31. The summed E-state index contributed by atoms with van der Waals surface area (Å²) < 4.78 is 0. The van der Waals surface area contributed by atoms with E-state index in [0.29, 0.717) is 0 Å². The molecule has 0 bridgehead atoms. The first kappa shape index (κ1) is 14.1. The number of nitrogens with one attached hydrogen (secondary N) is 1. The summed E-state index contributed by atoms with van der Waals surface area (Å²) in [5, 5.41) is 11.1. The summed E-state index contributed by atoms with van der Waals surface area (Å²) in [5.74, 6) is 0.838. The van der Waals surface area contributed by atoms with E-state index in [-0.39, 0.29) is 18.2 Å². The minimum atomic E-state index is -0.0537. The lowest BCUT2D eigenvalue weighted by Gasteiger charge is -2.39. The summed E-state index contributed by atoms with van der Waals surface area (Å²) in [6, 6.07) is 8.00. The molecule has 1 aliphatic rings. The van der Waals surface area contributed by atoms with Gasteiger partial charge in [0.2, 0.25) is 0 Å². The van der Waals surface area contributed by atoms with Gasteiger partial charge in [0.15, 0.2) is 0 Å². The monoisotopic (exact) mass is 287 g/mol. The Labute approximate surface area is 123 Å². The fraction of sp³-hybridized carbons (Fsp3) is 0.438. The molecule has 0 saturated carbocycles. The van der Waals surface area contributed by atoms with Crippen LogP contribution in [0.5, 0.6) is 0 Å². The smallest absolute Gasteiger partial charge is 0.257 e. The van der Waals surface area contributed by atoms with E-state index in [4.69, 9.17) is 0 Å². The van der Waals surface area contributed by atoms with Gasteiger partial charge in [0.25, 0.3) is 5.56 Å². The van der Waals surface area contributed by atoms with Crippen LogP contribution in [0.1, 0.15) is 5.56 Å². The van der Waals surface area contributed by atoms with Gasteiger partial charge in [0.1, 0.15) is 5.82 Å². The molecule has 1 aromatic carbocycles. The Hall–Kier alpha value is -1.85. The number of fused-ring (bicyclic) bond motifs is 1. The van der Waals surface area contributed by atoms with Crippen molar-refractivity contribution in [2.75, 3.05) is 38.2 Å². The van der Waals surface area contributed by atoms with Crippen LogP contribution in [-0.4, -0.2) is 54.3 Å². The average Bonchev–Trinajstić information content (AvgIpc) is 2.47. The first-order valence-electron chi connectivity index (χ1n) is 7.28. The molecule has 0 spiro atoms. The number of rotatable bonds is 2. The number of likely N-dealkylation sites (N-methyl/N-ethyl adjacent to an activating group) is 1. The number of aliphatic hydroxyl groups is 1. The van der Waals surface area contributed by atoms with Crippen LogP contribution in [0.3, 0.4) is 0 Å². The predicted octanol–water partition coefficient (Wildman–Crippen LogP) is 0.949. The third kappa shape index (κ3) is 2.66. The van der Waals surface area contributed by atoms with Crippen molar-refractivity contribution in [2.24, 2.45) is 0 Å². The standard InChI is InChI=1S/C16H21N3O2/c1-11-3-4-14-12(7-11)8-15(17-16(14)21)19-6-5-18(2)13(9-19)10-20/h3-4,7-8,13,20H,5-6,9-10H2,1-2H3,(H,17,21)/t13-/m0/s1. The zero-order chi connectivity index (χ0) is 15.0. The highest BCUT2D eigenvalue weighted by atomic mass is 16.3. The maximum absolute atomic E-state index is 12.2. The minimum absolute atomic E-state index is 0.0537. The molecule has 3 rings (SSSR count). The summed E-state index contributed by atoms with van der Waals surface area (Å²) >= 11 is 0. The number of aromatic amines is 1. The number of pyridine rings is 1. The molecule has 21 heavy (non-hydrogen) atoms. The van der Waals surface area contributed by atoms with Crippen LogP contribution in [0, 0.1) is 6.92 Å². The van der Waals surface area contributed by atoms with Gasteiger partial charge in [-0.3, -0.25) is 9.69 Å². The highest BCUT2D eigenvalue weighted by Crippen LogP contribution is 2.20. The van der Waals surface area contributed by atoms with Crippen LogP contribution >= 0.6 is 0 Å². The molecule has 0 unspecified atom stereocenters. The number of aryl methyl sites for hydroxylation is 1. The molecule has 0 radical (unpaired) electrons. The lowest BCUT2D eigenvalue weighted by Crippen LogP contribution is -2.53. The van der Waals surface area contributed by atoms with Crippen molar-refractivity contribution in [1.82, 2.24) is 9.88 Å². The molecule has 2 heterocycles. The van der Waals surface area contributed by atoms with Crippen molar-refractivity contribution in [3.63, 3.8) is 0 Å². The second-order valence-electron chi connectivity index (χ2n) is 5.84. The zero-order valence-corrected chi connectivity index (χ0v) is 12.5. The molecule has 1 aliphatic heterocycles. The molecule has 1 aromatic heterocycles. The number of aliphatic hydroxyl groups excluding tert-OH is 1. The van der Waals surface area contributed by atoms with Gasteiger partial charge in [-0.25, -0.2) is 0 Å². The lowest BCUT2D eigenvalue weighted by molar-refractivity contribution is 0.135. The van der Waals surface area contributed by atoms with Crippen LogP contribution < -0.4 is 10.5 Å². The van der Waals surface area contributed by atoms with Crippen LogP contribution in [-0.2, 0) is 0 Å². The van der Waals surface area contributed by atoms with Crippen molar-refractivity contribution in [3.05, 3.63) is 40.2 Å². The topological polar surface area (TPSA) is 59.6 Å². The summed E-state index contributed by atoms with van der Waals surface area (Å²) in [5.41, 5.74) is 1.09. The van der Waals surface area contributed by atoms with Crippen molar-refractivity contribution < 1.29 is 5.11 Å². The van der Waals surface area contributed by atoms with E-state index in [1.54, 1.807) is 0 Å². The van der Waals surface area contributed by atoms with E-state index in [1.807, 2.05) is 38.2 Å². The summed E-state index contributed by atoms with van der Waals surface area (Å²) in [6.45, 7) is 4.60. The predicted molar refractivity (Wildman–Crippen MR) is 85.0 cm³/mol. The van der Waals surface area contributed by atoms with Gasteiger partial charge in [0, 0.05) is 25.0 Å². The number of hydrogen-bond acceptors (Lipinski definition) is 4. The first-order valence-corrected chi connectivity index (χ1v) is 7.28. The van der Waals surface area contributed by atoms with Crippen molar-refractivity contribution in [2.45, 2.75) is 13.0 Å². The fourth-order valence-corrected chi connectivity index (χ4v) is 2.91. The molecule has 5 nitrogen and oxygen atoms in total. The van der Waals surface area contributed by atoms with Crippen molar-refractivity contribution in [3.8, 4) is 0 Å². The van der Waals surface area contributed by atoms with Crippen LogP contribution in [0.4, 0.5) is 5.82 Å². The Morgan fingerprint density at radius 2 is 2.14 bits per heavy atom. The SMILES string of the molecule is Cc1ccc2c(=O)[nH]c(N3CCN(C)[C@H](CO)C3)cc2c1. The normalized spacial score (nSPS) is 20.1. The number of nitrogens with zero attached hydrogens (tertiary/aromatic N) is 2. The largest absolute Gasteiger partial charge is 0.395 e.